The monoisotopic (exact) mass is 486 g/mol. The van der Waals surface area contributed by atoms with Crippen molar-refractivity contribution in [1.29, 1.82) is 0 Å². The van der Waals surface area contributed by atoms with Gasteiger partial charge in [0.05, 0.1) is 30.1 Å². The van der Waals surface area contributed by atoms with Crippen molar-refractivity contribution in [3.63, 3.8) is 0 Å². The highest BCUT2D eigenvalue weighted by molar-refractivity contribution is 8.16. The molecule has 0 unspecified atom stereocenters. The number of carbonyl (C=O) groups excluding carboxylic acids is 1. The summed E-state index contributed by atoms with van der Waals surface area (Å²) in [6.45, 7) is 4.72. The number of unbranched alkanes of at least 4 members (excludes halogenated alkanes) is 1. The molecule has 176 valence electrons. The number of amidine groups is 1. The fourth-order valence-electron chi connectivity index (χ4n) is 4.33. The molecule has 0 aliphatic carbocycles. The number of benzene rings is 2. The molecule has 0 spiro atoms. The summed E-state index contributed by atoms with van der Waals surface area (Å²) in [5.74, 6) is 0.378. The van der Waals surface area contributed by atoms with Gasteiger partial charge in [-0.15, -0.1) is 0 Å². The van der Waals surface area contributed by atoms with Gasteiger partial charge in [-0.05, 0) is 30.5 Å². The minimum absolute atomic E-state index is 0.0642. The lowest BCUT2D eigenvalue weighted by molar-refractivity contribution is -0.119. The Morgan fingerprint density at radius 3 is 2.67 bits per heavy atom. The summed E-state index contributed by atoms with van der Waals surface area (Å²) < 4.78 is 30.6. The summed E-state index contributed by atoms with van der Waals surface area (Å²) in [6.07, 6.45) is 2.65. The molecule has 2 aromatic rings. The molecular formula is C25H30N2O4S2. The highest BCUT2D eigenvalue weighted by Gasteiger charge is 2.49. The number of ether oxygens (including phenoxy) is 1. The number of rotatable bonds is 8. The Kier molecular flexibility index (Phi) is 7.44. The zero-order valence-corrected chi connectivity index (χ0v) is 20.6. The predicted molar refractivity (Wildman–Crippen MR) is 135 cm³/mol. The molecule has 4 rings (SSSR count). The molecule has 33 heavy (non-hydrogen) atoms. The van der Waals surface area contributed by atoms with Crippen LogP contribution in [0.3, 0.4) is 0 Å². The van der Waals surface area contributed by atoms with E-state index < -0.39 is 9.84 Å². The number of sulfone groups is 1. The van der Waals surface area contributed by atoms with Crippen molar-refractivity contribution < 1.29 is 17.9 Å². The Morgan fingerprint density at radius 1 is 1.15 bits per heavy atom. The Labute approximate surface area is 200 Å². The maximum absolute atomic E-state index is 13.2. The van der Waals surface area contributed by atoms with Gasteiger partial charge in [0.15, 0.2) is 15.0 Å². The van der Waals surface area contributed by atoms with E-state index in [9.17, 15) is 13.2 Å². The largest absolute Gasteiger partial charge is 0.494 e. The average Bonchev–Trinajstić information content (AvgIpc) is 3.26. The predicted octanol–water partition coefficient (Wildman–Crippen LogP) is 4.66. The Hall–Kier alpha value is -2.32. The van der Waals surface area contributed by atoms with E-state index in [1.807, 2.05) is 66.4 Å². The van der Waals surface area contributed by atoms with Crippen LogP contribution in [0.15, 0.2) is 59.6 Å². The maximum Gasteiger partial charge on any atom is 0.255 e. The number of amides is 1. The van der Waals surface area contributed by atoms with Crippen molar-refractivity contribution in [2.45, 2.75) is 50.3 Å². The molecule has 0 bridgehead atoms. The van der Waals surface area contributed by atoms with Gasteiger partial charge >= 0.3 is 0 Å². The van der Waals surface area contributed by atoms with Crippen LogP contribution in [0.5, 0.6) is 5.75 Å². The lowest BCUT2D eigenvalue weighted by Crippen LogP contribution is -2.37. The van der Waals surface area contributed by atoms with Crippen LogP contribution in [-0.4, -0.2) is 48.9 Å². The molecule has 2 saturated heterocycles. The first-order chi connectivity index (χ1) is 15.9. The van der Waals surface area contributed by atoms with Crippen LogP contribution in [0, 0.1) is 0 Å². The van der Waals surface area contributed by atoms with Gasteiger partial charge in [-0.25, -0.2) is 8.42 Å². The molecule has 2 fully saturated rings. The Morgan fingerprint density at radius 2 is 1.94 bits per heavy atom. The van der Waals surface area contributed by atoms with Crippen LogP contribution in [0.1, 0.15) is 44.6 Å². The number of thioether (sulfide) groups is 1. The molecule has 6 nitrogen and oxygen atoms in total. The van der Waals surface area contributed by atoms with Crippen LogP contribution >= 0.6 is 11.8 Å². The first-order valence-corrected chi connectivity index (χ1v) is 14.2. The summed E-state index contributed by atoms with van der Waals surface area (Å²) in [6, 6.07) is 17.1. The van der Waals surface area contributed by atoms with Crippen LogP contribution in [0.25, 0.3) is 0 Å². The van der Waals surface area contributed by atoms with Gasteiger partial charge in [0, 0.05) is 17.0 Å². The number of anilines is 1. The van der Waals surface area contributed by atoms with Gasteiger partial charge in [-0.3, -0.25) is 4.79 Å². The maximum atomic E-state index is 13.2. The van der Waals surface area contributed by atoms with E-state index in [0.717, 1.165) is 29.8 Å². The van der Waals surface area contributed by atoms with Crippen molar-refractivity contribution in [2.24, 2.45) is 4.99 Å². The average molecular weight is 487 g/mol. The van der Waals surface area contributed by atoms with Crippen molar-refractivity contribution in [3.8, 4) is 5.75 Å². The number of hydrogen-bond acceptors (Lipinski definition) is 5. The zero-order chi connectivity index (χ0) is 23.4. The van der Waals surface area contributed by atoms with Crippen molar-refractivity contribution >= 4 is 38.4 Å². The summed E-state index contributed by atoms with van der Waals surface area (Å²) in [7, 11) is -3.12. The molecule has 0 aromatic heterocycles. The molecule has 0 saturated carbocycles. The van der Waals surface area contributed by atoms with Gasteiger partial charge in [-0.1, -0.05) is 68.4 Å². The Balaban J connectivity index is 1.66. The highest BCUT2D eigenvalue weighted by atomic mass is 32.2. The SMILES string of the molecule is CCCCOc1cccc(N2C(=NC(=O)[C@@H](CC)c3ccccc3)S[C@H]3CS(=O)(=O)C[C@H]32)c1. The first-order valence-electron chi connectivity index (χ1n) is 11.5. The third-order valence-electron chi connectivity index (χ3n) is 6.04. The van der Waals surface area contributed by atoms with Gasteiger partial charge in [0.1, 0.15) is 5.75 Å². The fraction of sp³-hybridized carbons (Fsp3) is 0.440. The second-order valence-corrected chi connectivity index (χ2v) is 11.8. The number of aliphatic imine (C=N–C) groups is 1. The van der Waals surface area contributed by atoms with Gasteiger partial charge in [-0.2, -0.15) is 4.99 Å². The van der Waals surface area contributed by atoms with Crippen LogP contribution in [-0.2, 0) is 14.6 Å². The summed E-state index contributed by atoms with van der Waals surface area (Å²) >= 11 is 1.40. The van der Waals surface area contributed by atoms with Crippen LogP contribution in [0.2, 0.25) is 0 Å². The van der Waals surface area contributed by atoms with Gasteiger partial charge in [0.2, 0.25) is 0 Å². The fourth-order valence-corrected chi connectivity index (χ4v) is 8.25. The first kappa shape index (κ1) is 23.8. The molecular weight excluding hydrogens is 456 g/mol. The number of carbonyl (C=O) groups is 1. The Bertz CT molecular complexity index is 1120. The second kappa shape index (κ2) is 10.3. The third-order valence-corrected chi connectivity index (χ3v) is 9.25. The third kappa shape index (κ3) is 5.44. The van der Waals surface area contributed by atoms with E-state index in [0.29, 0.717) is 18.2 Å². The number of hydrogen-bond donors (Lipinski definition) is 0. The van der Waals surface area contributed by atoms with E-state index in [-0.39, 0.29) is 34.6 Å². The van der Waals surface area contributed by atoms with Crippen molar-refractivity contribution in [3.05, 3.63) is 60.2 Å². The second-order valence-electron chi connectivity index (χ2n) is 8.47. The molecule has 8 heteroatoms. The molecule has 3 atom stereocenters. The normalized spacial score (nSPS) is 23.5. The summed E-state index contributed by atoms with van der Waals surface area (Å²) in [4.78, 5) is 19.7. The molecule has 1 amide bonds. The number of nitrogens with zero attached hydrogens (tertiary/aromatic N) is 2. The molecule has 0 N–H and O–H groups in total. The van der Waals surface area contributed by atoms with E-state index in [1.54, 1.807) is 0 Å². The zero-order valence-electron chi connectivity index (χ0n) is 19.0. The quantitative estimate of drug-likeness (QED) is 0.505. The van der Waals surface area contributed by atoms with Crippen molar-refractivity contribution in [2.75, 3.05) is 23.0 Å². The lowest BCUT2D eigenvalue weighted by Gasteiger charge is -2.25. The summed E-state index contributed by atoms with van der Waals surface area (Å²) in [5, 5.41) is 0.438. The topological polar surface area (TPSA) is 76.0 Å². The van der Waals surface area contributed by atoms with E-state index in [2.05, 4.69) is 11.9 Å². The molecule has 2 aliphatic heterocycles. The van der Waals surface area contributed by atoms with Gasteiger partial charge < -0.3 is 9.64 Å². The van der Waals surface area contributed by atoms with Gasteiger partial charge in [0.25, 0.3) is 5.91 Å². The van der Waals surface area contributed by atoms with Crippen LogP contribution in [0.4, 0.5) is 5.69 Å². The van der Waals surface area contributed by atoms with Crippen LogP contribution < -0.4 is 9.64 Å². The van der Waals surface area contributed by atoms with Crippen molar-refractivity contribution in [1.82, 2.24) is 0 Å². The highest BCUT2D eigenvalue weighted by Crippen LogP contribution is 2.42. The minimum Gasteiger partial charge on any atom is -0.494 e. The van der Waals surface area contributed by atoms with E-state index in [1.165, 1.54) is 11.8 Å². The molecule has 0 radical (unpaired) electrons. The standard InChI is InChI=1S/C25H30N2O4S2/c1-3-5-14-31-20-13-9-12-19(15-20)27-22-16-33(29,30)17-23(22)32-25(27)26-24(28)21(4-2)18-10-7-6-8-11-18/h6-13,15,21-23H,3-5,14,16-17H2,1-2H3/t21-,22+,23-/m0/s1. The molecule has 2 aliphatic rings. The van der Waals surface area contributed by atoms with E-state index >= 15 is 0 Å². The smallest absolute Gasteiger partial charge is 0.255 e. The lowest BCUT2D eigenvalue weighted by atomic mass is 9.96. The molecule has 2 aromatic carbocycles. The van der Waals surface area contributed by atoms with E-state index in [4.69, 9.17) is 4.74 Å². The molecule has 2 heterocycles. The summed E-state index contributed by atoms with van der Waals surface area (Å²) in [5.41, 5.74) is 1.75. The number of fused-ring (bicyclic) bond motifs is 1. The minimum atomic E-state index is -3.12.